The number of hydrogen-bond donors (Lipinski definition) is 0. The highest BCUT2D eigenvalue weighted by molar-refractivity contribution is 6.29. The lowest BCUT2D eigenvalue weighted by Gasteiger charge is -2.38. The van der Waals surface area contributed by atoms with E-state index in [0.29, 0.717) is 23.7 Å². The maximum atomic E-state index is 13.7. The molecule has 0 aliphatic carbocycles. The average Bonchev–Trinajstić information content (AvgIpc) is 3.20. The zero-order chi connectivity index (χ0) is 20.2. The van der Waals surface area contributed by atoms with E-state index < -0.39 is 17.0 Å². The number of amides is 1. The van der Waals surface area contributed by atoms with E-state index in [-0.39, 0.29) is 11.9 Å². The molecule has 1 atom stereocenters. The van der Waals surface area contributed by atoms with Crippen LogP contribution in [0.5, 0.6) is 0 Å². The van der Waals surface area contributed by atoms with Gasteiger partial charge in [0.25, 0.3) is 0 Å². The molecule has 1 aromatic heterocycles. The lowest BCUT2D eigenvalue weighted by molar-refractivity contribution is -0.143. The van der Waals surface area contributed by atoms with Crippen molar-refractivity contribution in [1.29, 1.82) is 0 Å². The fourth-order valence-electron chi connectivity index (χ4n) is 4.97. The van der Waals surface area contributed by atoms with E-state index in [2.05, 4.69) is 14.9 Å². The Balaban J connectivity index is 1.35. The van der Waals surface area contributed by atoms with Gasteiger partial charge in [0.2, 0.25) is 5.91 Å². The molecule has 1 aromatic carbocycles. The van der Waals surface area contributed by atoms with Gasteiger partial charge in [0.15, 0.2) is 0 Å². The number of carbonyl (C=O) groups is 1. The SMILES string of the molecule is O=C1N2[C@H](c3cc(F)cc(F)c3)CCN2CC12CCN(c1cccc(Cl)n1)CC2. The van der Waals surface area contributed by atoms with E-state index in [1.807, 2.05) is 12.1 Å². The predicted molar refractivity (Wildman–Crippen MR) is 105 cm³/mol. The van der Waals surface area contributed by atoms with E-state index in [1.54, 1.807) is 11.1 Å². The number of nitrogens with zero attached hydrogens (tertiary/aromatic N) is 4. The standard InChI is InChI=1S/C21H21ClF2N4O/c22-18-2-1-3-19(25-18)26-8-5-21(6-9-26)13-27-7-4-17(28(27)20(21)29)14-10-15(23)12-16(24)11-14/h1-3,10-12,17H,4-9,13H2/t17-/m0/s1. The molecule has 2 aromatic rings. The summed E-state index contributed by atoms with van der Waals surface area (Å²) in [6.45, 7) is 2.83. The van der Waals surface area contributed by atoms with Gasteiger partial charge < -0.3 is 4.90 Å². The molecule has 0 N–H and O–H groups in total. The van der Waals surface area contributed by atoms with Crippen LogP contribution in [-0.2, 0) is 4.79 Å². The number of benzene rings is 1. The minimum atomic E-state index is -0.609. The highest BCUT2D eigenvalue weighted by atomic mass is 35.5. The Kier molecular flexibility index (Phi) is 4.47. The molecular weight excluding hydrogens is 398 g/mol. The molecular formula is C21H21ClF2N4O. The molecule has 3 aliphatic rings. The summed E-state index contributed by atoms with van der Waals surface area (Å²) in [5.41, 5.74) is 0.0792. The summed E-state index contributed by atoms with van der Waals surface area (Å²) in [4.78, 5) is 20.0. The first-order valence-electron chi connectivity index (χ1n) is 9.87. The first-order chi connectivity index (χ1) is 13.9. The third kappa shape index (κ3) is 3.16. The van der Waals surface area contributed by atoms with Crippen LogP contribution < -0.4 is 4.90 Å². The molecule has 3 fully saturated rings. The molecule has 3 aliphatic heterocycles. The number of halogens is 3. The molecule has 8 heteroatoms. The fraction of sp³-hybridized carbons (Fsp3) is 0.429. The summed E-state index contributed by atoms with van der Waals surface area (Å²) < 4.78 is 27.5. The Labute approximate surface area is 172 Å². The number of anilines is 1. The van der Waals surface area contributed by atoms with Crippen LogP contribution in [-0.4, -0.2) is 47.1 Å². The van der Waals surface area contributed by atoms with Crippen LogP contribution in [0, 0.1) is 17.0 Å². The van der Waals surface area contributed by atoms with Crippen molar-refractivity contribution in [3.8, 4) is 0 Å². The van der Waals surface area contributed by atoms with Gasteiger partial charge in [-0.2, -0.15) is 0 Å². The van der Waals surface area contributed by atoms with Crippen molar-refractivity contribution < 1.29 is 13.6 Å². The van der Waals surface area contributed by atoms with Crippen LogP contribution in [0.4, 0.5) is 14.6 Å². The summed E-state index contributed by atoms with van der Waals surface area (Å²) in [5.74, 6) is -0.320. The largest absolute Gasteiger partial charge is 0.356 e. The van der Waals surface area contributed by atoms with Gasteiger partial charge in [-0.05, 0) is 49.1 Å². The van der Waals surface area contributed by atoms with E-state index in [9.17, 15) is 13.6 Å². The van der Waals surface area contributed by atoms with E-state index in [4.69, 9.17) is 11.6 Å². The highest BCUT2D eigenvalue weighted by Gasteiger charge is 2.56. The summed E-state index contributed by atoms with van der Waals surface area (Å²) in [5, 5.41) is 4.27. The van der Waals surface area contributed by atoms with Crippen molar-refractivity contribution in [3.63, 3.8) is 0 Å². The van der Waals surface area contributed by atoms with Crippen LogP contribution >= 0.6 is 11.6 Å². The zero-order valence-corrected chi connectivity index (χ0v) is 16.6. The number of rotatable bonds is 2. The van der Waals surface area contributed by atoms with Crippen molar-refractivity contribution >= 4 is 23.3 Å². The fourth-order valence-corrected chi connectivity index (χ4v) is 5.13. The molecule has 1 spiro atoms. The highest BCUT2D eigenvalue weighted by Crippen LogP contribution is 2.47. The smallest absolute Gasteiger partial charge is 0.245 e. The first-order valence-corrected chi connectivity index (χ1v) is 10.3. The van der Waals surface area contributed by atoms with Crippen LogP contribution in [0.1, 0.15) is 30.9 Å². The molecule has 4 heterocycles. The molecule has 5 rings (SSSR count). The average molecular weight is 419 g/mol. The number of aromatic nitrogens is 1. The van der Waals surface area contributed by atoms with E-state index >= 15 is 0 Å². The number of carbonyl (C=O) groups excluding carboxylic acids is 1. The lowest BCUT2D eigenvalue weighted by Crippen LogP contribution is -2.46. The minimum absolute atomic E-state index is 0.0726. The van der Waals surface area contributed by atoms with Crippen LogP contribution in [0.15, 0.2) is 36.4 Å². The second kappa shape index (κ2) is 6.92. The number of fused-ring (bicyclic) bond motifs is 1. The van der Waals surface area contributed by atoms with Gasteiger partial charge in [-0.3, -0.25) is 9.80 Å². The lowest BCUT2D eigenvalue weighted by atomic mass is 9.77. The molecule has 0 bridgehead atoms. The molecule has 1 amide bonds. The van der Waals surface area contributed by atoms with Crippen molar-refractivity contribution in [2.75, 3.05) is 31.1 Å². The summed E-state index contributed by atoms with van der Waals surface area (Å²) in [6.07, 6.45) is 2.12. The monoisotopic (exact) mass is 418 g/mol. The number of hydrazine groups is 1. The molecule has 3 saturated heterocycles. The van der Waals surface area contributed by atoms with Gasteiger partial charge in [-0.15, -0.1) is 0 Å². The van der Waals surface area contributed by atoms with Gasteiger partial charge in [0.1, 0.15) is 22.6 Å². The number of piperidine rings is 1. The second-order valence-electron chi connectivity index (χ2n) is 8.13. The summed E-state index contributed by atoms with van der Waals surface area (Å²) in [7, 11) is 0. The van der Waals surface area contributed by atoms with Gasteiger partial charge in [0, 0.05) is 32.2 Å². The molecule has 0 radical (unpaired) electrons. The molecule has 5 nitrogen and oxygen atoms in total. The number of hydrogen-bond acceptors (Lipinski definition) is 4. The van der Waals surface area contributed by atoms with Gasteiger partial charge in [0.05, 0.1) is 11.5 Å². The maximum Gasteiger partial charge on any atom is 0.245 e. The van der Waals surface area contributed by atoms with Crippen LogP contribution in [0.2, 0.25) is 5.15 Å². The third-order valence-corrected chi connectivity index (χ3v) is 6.63. The Bertz CT molecular complexity index is 943. The number of pyridine rings is 1. The van der Waals surface area contributed by atoms with E-state index in [0.717, 1.165) is 44.4 Å². The Hall–Kier alpha value is -2.25. The Morgan fingerprint density at radius 1 is 1.07 bits per heavy atom. The topological polar surface area (TPSA) is 39.7 Å². The normalized spacial score (nSPS) is 23.8. The molecule has 0 saturated carbocycles. The van der Waals surface area contributed by atoms with E-state index in [1.165, 1.54) is 12.1 Å². The quantitative estimate of drug-likeness (QED) is 0.695. The van der Waals surface area contributed by atoms with Gasteiger partial charge in [-0.25, -0.2) is 18.8 Å². The van der Waals surface area contributed by atoms with Crippen molar-refractivity contribution in [3.05, 3.63) is 58.7 Å². The summed E-state index contributed by atoms with van der Waals surface area (Å²) >= 11 is 6.01. The Morgan fingerprint density at radius 3 is 2.48 bits per heavy atom. The summed E-state index contributed by atoms with van der Waals surface area (Å²) in [6, 6.07) is 8.78. The van der Waals surface area contributed by atoms with Gasteiger partial charge in [-0.1, -0.05) is 17.7 Å². The van der Waals surface area contributed by atoms with Crippen LogP contribution in [0.3, 0.4) is 0 Å². The molecule has 0 unspecified atom stereocenters. The second-order valence-corrected chi connectivity index (χ2v) is 8.52. The zero-order valence-electron chi connectivity index (χ0n) is 15.8. The Morgan fingerprint density at radius 2 is 1.79 bits per heavy atom. The van der Waals surface area contributed by atoms with Crippen molar-refractivity contribution in [2.24, 2.45) is 5.41 Å². The molecule has 152 valence electrons. The van der Waals surface area contributed by atoms with Crippen LogP contribution in [0.25, 0.3) is 0 Å². The van der Waals surface area contributed by atoms with Crippen molar-refractivity contribution in [1.82, 2.24) is 15.0 Å². The first kappa shape index (κ1) is 18.8. The van der Waals surface area contributed by atoms with Crippen molar-refractivity contribution in [2.45, 2.75) is 25.3 Å². The molecule has 29 heavy (non-hydrogen) atoms. The third-order valence-electron chi connectivity index (χ3n) is 6.42. The maximum absolute atomic E-state index is 13.7. The van der Waals surface area contributed by atoms with Gasteiger partial charge >= 0.3 is 0 Å². The minimum Gasteiger partial charge on any atom is -0.356 e. The predicted octanol–water partition coefficient (Wildman–Crippen LogP) is 3.80.